The van der Waals surface area contributed by atoms with Crippen molar-refractivity contribution in [1.29, 1.82) is 0 Å². The molecule has 0 atom stereocenters. The van der Waals surface area contributed by atoms with E-state index in [0.717, 1.165) is 12.8 Å². The molecule has 3 aromatic carbocycles. The molecule has 0 unspecified atom stereocenters. The molecule has 0 aliphatic heterocycles. The largest absolute Gasteiger partial charge is 0.396 e. The molecule has 0 aromatic heterocycles. The van der Waals surface area contributed by atoms with E-state index in [0.29, 0.717) is 0 Å². The van der Waals surface area contributed by atoms with Gasteiger partial charge in [-0.3, -0.25) is 0 Å². The zero-order valence-electron chi connectivity index (χ0n) is 17.2. The third kappa shape index (κ3) is 5.11. The lowest BCUT2D eigenvalue weighted by atomic mass is 9.93. The van der Waals surface area contributed by atoms with Crippen molar-refractivity contribution in [3.05, 3.63) is 83.4 Å². The molecular weight excluding hydrogens is 340 g/mol. The number of hydrogen-bond donors (Lipinski definition) is 1. The Hall–Kier alpha value is -2.38. The molecule has 0 heterocycles. The van der Waals surface area contributed by atoms with Gasteiger partial charge in [0.1, 0.15) is 0 Å². The van der Waals surface area contributed by atoms with Crippen LogP contribution in [0.15, 0.2) is 66.7 Å². The lowest BCUT2D eigenvalue weighted by Gasteiger charge is -2.12. The number of aryl methyl sites for hydroxylation is 2. The van der Waals surface area contributed by atoms with Gasteiger partial charge in [-0.25, -0.2) is 0 Å². The smallest absolute Gasteiger partial charge is 0.0471 e. The maximum absolute atomic E-state index is 9.18. The highest BCUT2D eigenvalue weighted by molar-refractivity contribution is 5.72. The fourth-order valence-electron chi connectivity index (χ4n) is 3.79. The average Bonchev–Trinajstić information content (AvgIpc) is 2.75. The van der Waals surface area contributed by atoms with E-state index in [4.69, 9.17) is 0 Å². The van der Waals surface area contributed by atoms with E-state index >= 15 is 0 Å². The molecule has 1 N–H and O–H groups in total. The number of unbranched alkanes of at least 4 members (excludes halogenated alkanes) is 2. The number of rotatable bonds is 9. The molecule has 0 bridgehead atoms. The first-order chi connectivity index (χ1) is 13.7. The Morgan fingerprint density at radius 2 is 1.25 bits per heavy atom. The van der Waals surface area contributed by atoms with Gasteiger partial charge in [-0.2, -0.15) is 0 Å². The van der Waals surface area contributed by atoms with Crippen molar-refractivity contribution in [2.75, 3.05) is 6.61 Å². The molecule has 28 heavy (non-hydrogen) atoms. The summed E-state index contributed by atoms with van der Waals surface area (Å²) in [7, 11) is 0. The van der Waals surface area contributed by atoms with E-state index in [-0.39, 0.29) is 6.61 Å². The van der Waals surface area contributed by atoms with Gasteiger partial charge in [0.25, 0.3) is 0 Å². The van der Waals surface area contributed by atoms with Crippen LogP contribution in [0.3, 0.4) is 0 Å². The Bertz CT molecular complexity index is 860. The van der Waals surface area contributed by atoms with Crippen LogP contribution in [0.4, 0.5) is 0 Å². The van der Waals surface area contributed by atoms with Crippen LogP contribution in [0.25, 0.3) is 22.3 Å². The SMILES string of the molecule is CCCCCc1ccc(-c2ccc(-c3ccc(CCO)cc3CC)cc2)cc1. The summed E-state index contributed by atoms with van der Waals surface area (Å²) in [4.78, 5) is 0. The third-order valence-electron chi connectivity index (χ3n) is 5.50. The van der Waals surface area contributed by atoms with Crippen LogP contribution in [0.1, 0.15) is 49.8 Å². The first-order valence-corrected chi connectivity index (χ1v) is 10.7. The lowest BCUT2D eigenvalue weighted by Crippen LogP contribution is -1.95. The standard InChI is InChI=1S/C27H32O/c1-3-5-6-7-21-8-11-24(12-9-21)25-13-15-26(16-14-25)27-17-10-22(18-19-28)20-23(27)4-2/h8-17,20,28H,3-7,18-19H2,1-2H3. The van der Waals surface area contributed by atoms with Crippen molar-refractivity contribution >= 4 is 0 Å². The Morgan fingerprint density at radius 1 is 0.643 bits per heavy atom. The second-order valence-corrected chi connectivity index (χ2v) is 7.55. The first-order valence-electron chi connectivity index (χ1n) is 10.7. The van der Waals surface area contributed by atoms with Gasteiger partial charge in [-0.05, 0) is 64.6 Å². The zero-order valence-corrected chi connectivity index (χ0v) is 17.2. The van der Waals surface area contributed by atoms with E-state index in [1.54, 1.807) is 0 Å². The third-order valence-corrected chi connectivity index (χ3v) is 5.50. The number of aliphatic hydroxyl groups excluding tert-OH is 1. The van der Waals surface area contributed by atoms with Crippen molar-refractivity contribution in [2.24, 2.45) is 0 Å². The van der Waals surface area contributed by atoms with Crippen molar-refractivity contribution < 1.29 is 5.11 Å². The molecule has 0 saturated heterocycles. The Morgan fingerprint density at radius 3 is 1.86 bits per heavy atom. The van der Waals surface area contributed by atoms with Crippen LogP contribution in [-0.4, -0.2) is 11.7 Å². The van der Waals surface area contributed by atoms with Gasteiger partial charge in [0.05, 0.1) is 0 Å². The molecule has 0 spiro atoms. The van der Waals surface area contributed by atoms with Crippen molar-refractivity contribution in [1.82, 2.24) is 0 Å². The minimum absolute atomic E-state index is 0.203. The first kappa shape index (κ1) is 20.4. The Labute approximate surface area is 170 Å². The lowest BCUT2D eigenvalue weighted by molar-refractivity contribution is 0.299. The highest BCUT2D eigenvalue weighted by atomic mass is 16.2. The van der Waals surface area contributed by atoms with E-state index < -0.39 is 0 Å². The molecule has 146 valence electrons. The minimum Gasteiger partial charge on any atom is -0.396 e. The van der Waals surface area contributed by atoms with Crippen molar-refractivity contribution in [3.63, 3.8) is 0 Å². The van der Waals surface area contributed by atoms with Gasteiger partial charge in [0, 0.05) is 6.61 Å². The predicted molar refractivity (Wildman–Crippen MR) is 121 cm³/mol. The topological polar surface area (TPSA) is 20.2 Å². The van der Waals surface area contributed by atoms with Gasteiger partial charge in [0.2, 0.25) is 0 Å². The molecule has 1 nitrogen and oxygen atoms in total. The Balaban J connectivity index is 1.76. The summed E-state index contributed by atoms with van der Waals surface area (Å²) >= 11 is 0. The zero-order chi connectivity index (χ0) is 19.8. The summed E-state index contributed by atoms with van der Waals surface area (Å²) in [6.07, 6.45) is 6.76. The molecule has 0 fully saturated rings. The normalized spacial score (nSPS) is 11.0. The van der Waals surface area contributed by atoms with Gasteiger partial charge < -0.3 is 5.11 Å². The summed E-state index contributed by atoms with van der Waals surface area (Å²) in [5, 5.41) is 9.18. The second kappa shape index (κ2) is 10.2. The minimum atomic E-state index is 0.203. The molecule has 0 saturated carbocycles. The molecule has 3 aromatic rings. The van der Waals surface area contributed by atoms with E-state index in [2.05, 4.69) is 80.6 Å². The van der Waals surface area contributed by atoms with Gasteiger partial charge in [-0.1, -0.05) is 93.4 Å². The van der Waals surface area contributed by atoms with Gasteiger partial charge >= 0.3 is 0 Å². The highest BCUT2D eigenvalue weighted by Gasteiger charge is 2.06. The molecule has 3 rings (SSSR count). The highest BCUT2D eigenvalue weighted by Crippen LogP contribution is 2.29. The monoisotopic (exact) mass is 372 g/mol. The van der Waals surface area contributed by atoms with E-state index in [1.807, 2.05) is 0 Å². The van der Waals surface area contributed by atoms with Crippen molar-refractivity contribution in [2.45, 2.75) is 52.4 Å². The van der Waals surface area contributed by atoms with E-state index in [1.165, 1.54) is 64.6 Å². The number of aliphatic hydroxyl groups is 1. The quantitative estimate of drug-likeness (QED) is 0.407. The molecule has 0 aliphatic carbocycles. The molecular formula is C27H32O. The van der Waals surface area contributed by atoms with Crippen LogP contribution in [0, 0.1) is 0 Å². The summed E-state index contributed by atoms with van der Waals surface area (Å²) in [6, 6.07) is 24.5. The summed E-state index contributed by atoms with van der Waals surface area (Å²) < 4.78 is 0. The van der Waals surface area contributed by atoms with Crippen LogP contribution in [-0.2, 0) is 19.3 Å². The van der Waals surface area contributed by atoms with Gasteiger partial charge in [-0.15, -0.1) is 0 Å². The summed E-state index contributed by atoms with van der Waals surface area (Å²) in [6.45, 7) is 4.65. The average molecular weight is 373 g/mol. The summed E-state index contributed by atoms with van der Waals surface area (Å²) in [5.41, 5.74) is 9.08. The molecule has 0 amide bonds. The van der Waals surface area contributed by atoms with Crippen LogP contribution in [0.5, 0.6) is 0 Å². The van der Waals surface area contributed by atoms with E-state index in [9.17, 15) is 5.11 Å². The fraction of sp³-hybridized carbons (Fsp3) is 0.333. The van der Waals surface area contributed by atoms with Crippen LogP contribution >= 0.6 is 0 Å². The Kier molecular flexibility index (Phi) is 7.45. The van der Waals surface area contributed by atoms with Crippen LogP contribution in [0.2, 0.25) is 0 Å². The fourth-order valence-corrected chi connectivity index (χ4v) is 3.79. The second-order valence-electron chi connectivity index (χ2n) is 7.55. The van der Waals surface area contributed by atoms with Crippen molar-refractivity contribution in [3.8, 4) is 22.3 Å². The number of hydrogen-bond acceptors (Lipinski definition) is 1. The maximum atomic E-state index is 9.18. The molecule has 0 aliphatic rings. The molecule has 1 heteroatoms. The van der Waals surface area contributed by atoms with Crippen LogP contribution < -0.4 is 0 Å². The maximum Gasteiger partial charge on any atom is 0.0471 e. The molecule has 0 radical (unpaired) electrons. The van der Waals surface area contributed by atoms with Gasteiger partial charge in [0.15, 0.2) is 0 Å². The summed E-state index contributed by atoms with van der Waals surface area (Å²) in [5.74, 6) is 0. The number of benzene rings is 3. The predicted octanol–water partition coefficient (Wildman–Crippen LogP) is 6.85.